The molecule has 8 bridgehead atoms. The van der Waals surface area contributed by atoms with Gasteiger partial charge in [-0.3, -0.25) is 19.9 Å². The third-order valence-corrected chi connectivity index (χ3v) is 14.0. The van der Waals surface area contributed by atoms with E-state index in [4.69, 9.17) is 9.97 Å². The van der Waals surface area contributed by atoms with Gasteiger partial charge in [-0.25, -0.2) is 0 Å². The number of pyridine rings is 4. The molecule has 8 aliphatic rings. The molecule has 242 valence electrons. The second-order valence-corrected chi connectivity index (χ2v) is 17.3. The number of allylic oxidation sites excluding steroid dienone is 2. The molecule has 8 aliphatic carbocycles. The van der Waals surface area contributed by atoms with Gasteiger partial charge in [0.1, 0.15) is 0 Å². The zero-order valence-electron chi connectivity index (χ0n) is 28.0. The molecule has 4 heteroatoms. The van der Waals surface area contributed by atoms with Gasteiger partial charge in [0, 0.05) is 24.8 Å². The SMILES string of the molecule is C(=C\C12CC3CC(C1)CC(C14CC5CC(CC(/C=C/c6ccc(-c7ccccn7)nc6)(C5)C1)C4)(C3)C2)/c1ccc(-c2ccccn2)nc1. The Morgan fingerprint density at radius 2 is 0.875 bits per heavy atom. The standard InChI is InChI=1S/C44H46N4/c1-3-15-45-37(5-1)39-9-7-31(27-47-39)11-13-41-19-33-17-34(20-41)24-43(23-33,29-41)44-25-35-18-36(26-44)22-42(21-35,30-44)14-12-32-8-10-40(48-28-32)38-6-2-4-16-46-38/h1-16,27-28,33-36H,17-26,29-30H2/b13-11+,14-12+. The van der Waals surface area contributed by atoms with Crippen LogP contribution in [0.15, 0.2) is 97.6 Å². The minimum atomic E-state index is 0.358. The summed E-state index contributed by atoms with van der Waals surface area (Å²) in [5.41, 5.74) is 7.98. The summed E-state index contributed by atoms with van der Waals surface area (Å²) in [7, 11) is 0. The van der Waals surface area contributed by atoms with Crippen LogP contribution in [0.4, 0.5) is 0 Å². The molecule has 4 unspecified atom stereocenters. The van der Waals surface area contributed by atoms with Crippen LogP contribution >= 0.6 is 0 Å². The Balaban J connectivity index is 0.920. The predicted molar refractivity (Wildman–Crippen MR) is 192 cm³/mol. The lowest BCUT2D eigenvalue weighted by Crippen LogP contribution is -2.64. The highest BCUT2D eigenvalue weighted by Crippen LogP contribution is 2.79. The van der Waals surface area contributed by atoms with Crippen molar-refractivity contribution in [2.75, 3.05) is 0 Å². The second kappa shape index (κ2) is 10.8. The maximum Gasteiger partial charge on any atom is 0.0886 e. The number of hydrogen-bond acceptors (Lipinski definition) is 4. The van der Waals surface area contributed by atoms with E-state index >= 15 is 0 Å². The van der Waals surface area contributed by atoms with Crippen molar-refractivity contribution in [2.45, 2.75) is 77.0 Å². The predicted octanol–water partition coefficient (Wildman–Crippen LogP) is 10.5. The third kappa shape index (κ3) is 4.84. The van der Waals surface area contributed by atoms with E-state index in [2.05, 4.69) is 58.5 Å². The molecule has 8 fully saturated rings. The summed E-state index contributed by atoms with van der Waals surface area (Å²) < 4.78 is 0. The van der Waals surface area contributed by atoms with Crippen LogP contribution in [0.1, 0.15) is 88.2 Å². The Bertz CT molecular complexity index is 1690. The van der Waals surface area contributed by atoms with Crippen LogP contribution in [-0.2, 0) is 0 Å². The fourth-order valence-corrected chi connectivity index (χ4v) is 13.2. The van der Waals surface area contributed by atoms with Crippen molar-refractivity contribution in [3.63, 3.8) is 0 Å². The van der Waals surface area contributed by atoms with Gasteiger partial charge >= 0.3 is 0 Å². The van der Waals surface area contributed by atoms with Crippen molar-refractivity contribution >= 4 is 12.2 Å². The summed E-state index contributed by atoms with van der Waals surface area (Å²) in [6, 6.07) is 20.8. The van der Waals surface area contributed by atoms with E-state index in [9.17, 15) is 0 Å². The first-order valence-corrected chi connectivity index (χ1v) is 18.6. The van der Waals surface area contributed by atoms with E-state index in [1.54, 1.807) is 0 Å². The molecule has 0 saturated heterocycles. The van der Waals surface area contributed by atoms with E-state index in [1.165, 1.54) is 88.2 Å². The quantitative estimate of drug-likeness (QED) is 0.204. The summed E-state index contributed by atoms with van der Waals surface area (Å²) in [6.07, 6.45) is 35.4. The van der Waals surface area contributed by atoms with Gasteiger partial charge in [-0.15, -0.1) is 0 Å². The molecule has 4 nitrogen and oxygen atoms in total. The summed E-state index contributed by atoms with van der Waals surface area (Å²) >= 11 is 0. The smallest absolute Gasteiger partial charge is 0.0886 e. The van der Waals surface area contributed by atoms with Gasteiger partial charge in [0.25, 0.3) is 0 Å². The first-order valence-electron chi connectivity index (χ1n) is 18.6. The number of nitrogens with zero attached hydrogens (tertiary/aromatic N) is 4. The van der Waals surface area contributed by atoms with Gasteiger partial charge in [-0.1, -0.05) is 48.6 Å². The van der Waals surface area contributed by atoms with Crippen molar-refractivity contribution in [1.29, 1.82) is 0 Å². The Hall–Kier alpha value is -3.92. The van der Waals surface area contributed by atoms with Gasteiger partial charge in [-0.2, -0.15) is 0 Å². The maximum atomic E-state index is 4.79. The Kier molecular flexibility index (Phi) is 6.53. The first-order chi connectivity index (χ1) is 23.5. The highest BCUT2D eigenvalue weighted by Gasteiger charge is 2.69. The minimum absolute atomic E-state index is 0.358. The highest BCUT2D eigenvalue weighted by molar-refractivity contribution is 5.59. The van der Waals surface area contributed by atoms with Crippen LogP contribution in [-0.4, -0.2) is 19.9 Å². The summed E-state index contributed by atoms with van der Waals surface area (Å²) in [4.78, 5) is 18.6. The van der Waals surface area contributed by atoms with Crippen LogP contribution in [0.5, 0.6) is 0 Å². The first kappa shape index (κ1) is 29.0. The van der Waals surface area contributed by atoms with Crippen LogP contribution in [0.3, 0.4) is 0 Å². The topological polar surface area (TPSA) is 51.6 Å². The molecule has 4 atom stereocenters. The molecular weight excluding hydrogens is 585 g/mol. The number of hydrogen-bond donors (Lipinski definition) is 0. The van der Waals surface area contributed by atoms with Crippen molar-refractivity contribution in [3.05, 3.63) is 109 Å². The van der Waals surface area contributed by atoms with E-state index < -0.39 is 0 Å². The van der Waals surface area contributed by atoms with Crippen LogP contribution in [0.2, 0.25) is 0 Å². The molecule has 0 N–H and O–H groups in total. The van der Waals surface area contributed by atoms with Gasteiger partial charge in [0.15, 0.2) is 0 Å². The van der Waals surface area contributed by atoms with E-state index in [0.29, 0.717) is 21.7 Å². The van der Waals surface area contributed by atoms with Crippen molar-refractivity contribution < 1.29 is 0 Å². The lowest BCUT2D eigenvalue weighted by atomic mass is 9.31. The fraction of sp³-hybridized carbons (Fsp3) is 0.455. The molecule has 4 heterocycles. The zero-order valence-corrected chi connectivity index (χ0v) is 28.0. The molecule has 4 aromatic rings. The summed E-state index contributed by atoms with van der Waals surface area (Å²) in [6.45, 7) is 0. The lowest BCUT2D eigenvalue weighted by Gasteiger charge is -2.73. The average Bonchev–Trinajstić information content (AvgIpc) is 3.10. The van der Waals surface area contributed by atoms with E-state index in [-0.39, 0.29) is 0 Å². The maximum absolute atomic E-state index is 4.79. The molecule has 48 heavy (non-hydrogen) atoms. The Labute approximate surface area is 285 Å². The van der Waals surface area contributed by atoms with Crippen LogP contribution in [0.25, 0.3) is 34.9 Å². The van der Waals surface area contributed by atoms with Gasteiger partial charge in [-0.05, 0) is 170 Å². The molecule has 0 amide bonds. The lowest BCUT2D eigenvalue weighted by molar-refractivity contribution is -0.223. The van der Waals surface area contributed by atoms with E-state index in [1.807, 2.05) is 61.2 Å². The molecule has 4 aromatic heterocycles. The van der Waals surface area contributed by atoms with Gasteiger partial charge in [0.2, 0.25) is 0 Å². The molecule has 8 saturated carbocycles. The minimum Gasteiger partial charge on any atom is -0.255 e. The summed E-state index contributed by atoms with van der Waals surface area (Å²) in [5, 5.41) is 0. The van der Waals surface area contributed by atoms with E-state index in [0.717, 1.165) is 46.4 Å². The van der Waals surface area contributed by atoms with Gasteiger partial charge in [0.05, 0.1) is 22.8 Å². The normalized spacial score (nSPS) is 37.6. The molecule has 0 aromatic carbocycles. The zero-order chi connectivity index (χ0) is 31.8. The van der Waals surface area contributed by atoms with Crippen molar-refractivity contribution in [3.8, 4) is 22.8 Å². The Morgan fingerprint density at radius 1 is 0.458 bits per heavy atom. The second-order valence-electron chi connectivity index (χ2n) is 17.3. The number of aromatic nitrogens is 4. The van der Waals surface area contributed by atoms with Crippen LogP contribution < -0.4 is 0 Å². The molecule has 0 aliphatic heterocycles. The van der Waals surface area contributed by atoms with Crippen LogP contribution in [0, 0.1) is 45.3 Å². The fourth-order valence-electron chi connectivity index (χ4n) is 13.2. The molecular formula is C44H46N4. The van der Waals surface area contributed by atoms with Crippen molar-refractivity contribution in [2.24, 2.45) is 45.3 Å². The monoisotopic (exact) mass is 630 g/mol. The molecule has 12 rings (SSSR count). The molecule has 0 radical (unpaired) electrons. The molecule has 0 spiro atoms. The highest BCUT2D eigenvalue weighted by atomic mass is 14.8. The summed E-state index contributed by atoms with van der Waals surface area (Å²) in [5.74, 6) is 3.62. The number of rotatable bonds is 7. The Morgan fingerprint density at radius 3 is 1.23 bits per heavy atom. The average molecular weight is 631 g/mol. The third-order valence-electron chi connectivity index (χ3n) is 14.0. The van der Waals surface area contributed by atoms with Crippen molar-refractivity contribution in [1.82, 2.24) is 19.9 Å². The largest absolute Gasteiger partial charge is 0.255 e. The van der Waals surface area contributed by atoms with Gasteiger partial charge < -0.3 is 0 Å².